The number of aryl methyl sites for hydroxylation is 2. The Labute approximate surface area is 232 Å². The number of hydrogen-bond acceptors (Lipinski definition) is 5. The number of nitrogens with one attached hydrogen (secondary N) is 2. The van der Waals surface area contributed by atoms with Crippen LogP contribution in [0.25, 0.3) is 10.9 Å². The first kappa shape index (κ1) is 28.0. The van der Waals surface area contributed by atoms with Crippen LogP contribution in [-0.4, -0.2) is 34.0 Å². The van der Waals surface area contributed by atoms with E-state index in [1.54, 1.807) is 6.92 Å². The second-order valence-corrected chi connectivity index (χ2v) is 13.1. The fourth-order valence-electron chi connectivity index (χ4n) is 7.86. The highest BCUT2D eigenvalue weighted by atomic mass is 16.2. The molecule has 0 radical (unpaired) electrons. The maximum atomic E-state index is 13.6. The fraction of sp³-hybridized carbons (Fsp3) is 0.688. The van der Waals surface area contributed by atoms with Crippen LogP contribution in [0.1, 0.15) is 109 Å². The van der Waals surface area contributed by atoms with Crippen molar-refractivity contribution in [3.05, 3.63) is 39.9 Å². The normalized spacial score (nSPS) is 27.8. The second-order valence-electron chi connectivity index (χ2n) is 13.1. The number of carbonyl (C=O) groups is 2. The van der Waals surface area contributed by atoms with Crippen molar-refractivity contribution >= 4 is 22.7 Å². The van der Waals surface area contributed by atoms with E-state index in [-0.39, 0.29) is 17.9 Å². The molecule has 2 N–H and O–H groups in total. The number of unbranched alkanes of at least 4 members (excludes halogenated alkanes) is 5. The number of hydrogen-bond donors (Lipinski definition) is 2. The quantitative estimate of drug-likeness (QED) is 0.299. The van der Waals surface area contributed by atoms with Gasteiger partial charge in [0.1, 0.15) is 11.9 Å². The fourth-order valence-corrected chi connectivity index (χ4v) is 7.86. The Kier molecular flexibility index (Phi) is 8.01. The number of amides is 2. The zero-order chi connectivity index (χ0) is 27.8. The molecule has 1 saturated heterocycles. The van der Waals surface area contributed by atoms with E-state index in [4.69, 9.17) is 0 Å². The Morgan fingerprint density at radius 2 is 1.77 bits per heavy atom. The summed E-state index contributed by atoms with van der Waals surface area (Å²) in [5.41, 5.74) is 2.43. The van der Waals surface area contributed by atoms with Crippen molar-refractivity contribution in [3.63, 3.8) is 0 Å². The van der Waals surface area contributed by atoms with E-state index in [1.165, 1.54) is 49.5 Å². The van der Waals surface area contributed by atoms with Gasteiger partial charge in [0.15, 0.2) is 0 Å². The van der Waals surface area contributed by atoms with E-state index < -0.39 is 11.9 Å². The molecule has 5 rings (SSSR count). The molecule has 3 fully saturated rings. The molecule has 2 heterocycles. The lowest BCUT2D eigenvalue weighted by atomic mass is 9.69. The molecule has 7 heteroatoms. The number of nitrogens with zero attached hydrogens (tertiary/aromatic N) is 2. The Morgan fingerprint density at radius 3 is 2.46 bits per heavy atom. The molecule has 4 atom stereocenters. The van der Waals surface area contributed by atoms with E-state index >= 15 is 0 Å². The molecule has 3 aliphatic rings. The third kappa shape index (κ3) is 5.19. The molecule has 1 unspecified atom stereocenters. The number of carbonyl (C=O) groups excluding carboxylic acids is 2. The van der Waals surface area contributed by atoms with Crippen molar-refractivity contribution in [1.82, 2.24) is 20.2 Å². The van der Waals surface area contributed by atoms with Gasteiger partial charge >= 0.3 is 0 Å². The molecule has 2 saturated carbocycles. The van der Waals surface area contributed by atoms with Crippen LogP contribution >= 0.6 is 0 Å². The largest absolute Gasteiger partial charge is 0.313 e. The van der Waals surface area contributed by atoms with Crippen LogP contribution in [-0.2, 0) is 16.0 Å². The number of piperidine rings is 1. The van der Waals surface area contributed by atoms with E-state index in [0.29, 0.717) is 40.0 Å². The maximum absolute atomic E-state index is 13.6. The molecule has 2 aromatic rings. The average molecular weight is 535 g/mol. The van der Waals surface area contributed by atoms with Gasteiger partial charge in [-0.05, 0) is 86.8 Å². The highest BCUT2D eigenvalue weighted by Gasteiger charge is 2.60. The van der Waals surface area contributed by atoms with Gasteiger partial charge in [0.2, 0.25) is 11.8 Å². The highest BCUT2D eigenvalue weighted by Crippen LogP contribution is 2.65. The van der Waals surface area contributed by atoms with Crippen LogP contribution in [0.5, 0.6) is 0 Å². The lowest BCUT2D eigenvalue weighted by molar-refractivity contribution is -0.135. The average Bonchev–Trinajstić information content (AvgIpc) is 3.22. The number of imide groups is 1. The molecule has 2 aliphatic carbocycles. The van der Waals surface area contributed by atoms with Gasteiger partial charge < -0.3 is 5.32 Å². The molecule has 1 aliphatic heterocycles. The highest BCUT2D eigenvalue weighted by molar-refractivity contribution is 5.99. The minimum Gasteiger partial charge on any atom is -0.313 e. The van der Waals surface area contributed by atoms with E-state index in [9.17, 15) is 14.4 Å². The smallest absolute Gasteiger partial charge is 0.262 e. The van der Waals surface area contributed by atoms with Crippen LogP contribution < -0.4 is 16.2 Å². The summed E-state index contributed by atoms with van der Waals surface area (Å²) in [6, 6.07) is 5.84. The first-order chi connectivity index (χ1) is 18.6. The van der Waals surface area contributed by atoms with Crippen LogP contribution in [0.2, 0.25) is 0 Å². The van der Waals surface area contributed by atoms with Gasteiger partial charge in [0, 0.05) is 12.5 Å². The second kappa shape index (κ2) is 11.1. The molecular weight excluding hydrogens is 488 g/mol. The van der Waals surface area contributed by atoms with E-state index in [1.807, 2.05) is 18.2 Å². The Balaban J connectivity index is 1.09. The summed E-state index contributed by atoms with van der Waals surface area (Å²) in [7, 11) is 0. The summed E-state index contributed by atoms with van der Waals surface area (Å²) >= 11 is 0. The van der Waals surface area contributed by atoms with Crippen molar-refractivity contribution in [1.29, 1.82) is 0 Å². The Hall–Kier alpha value is -2.54. The molecular formula is C32H46N4O3. The third-order valence-corrected chi connectivity index (χ3v) is 10.8. The summed E-state index contributed by atoms with van der Waals surface area (Å²) in [6.07, 6.45) is 12.6. The van der Waals surface area contributed by atoms with Crippen molar-refractivity contribution < 1.29 is 9.59 Å². The SMILES string of the molecule is Cc1nc2cccc(CCCCCCCCN[C@H]3C[C@H]4CC[C@]3(C)C4(C)C)c2c(=O)n1C1CCC(=O)NC1=O. The van der Waals surface area contributed by atoms with Crippen molar-refractivity contribution in [2.24, 2.45) is 16.7 Å². The summed E-state index contributed by atoms with van der Waals surface area (Å²) < 4.78 is 1.49. The molecule has 7 nitrogen and oxygen atoms in total. The molecule has 212 valence electrons. The van der Waals surface area contributed by atoms with E-state index in [0.717, 1.165) is 37.3 Å². The molecule has 0 spiro atoms. The zero-order valence-electron chi connectivity index (χ0n) is 24.3. The number of aromatic nitrogens is 2. The Morgan fingerprint density at radius 1 is 1.03 bits per heavy atom. The van der Waals surface area contributed by atoms with Gasteiger partial charge in [0.25, 0.3) is 5.56 Å². The summed E-state index contributed by atoms with van der Waals surface area (Å²) in [5, 5.41) is 6.89. The molecule has 2 amide bonds. The third-order valence-electron chi connectivity index (χ3n) is 10.8. The predicted molar refractivity (Wildman–Crippen MR) is 155 cm³/mol. The maximum Gasteiger partial charge on any atom is 0.262 e. The molecule has 39 heavy (non-hydrogen) atoms. The lowest BCUT2D eigenvalue weighted by Crippen LogP contribution is -2.45. The minimum absolute atomic E-state index is 0.178. The zero-order valence-corrected chi connectivity index (χ0v) is 24.3. The van der Waals surface area contributed by atoms with Crippen LogP contribution in [0, 0.1) is 23.7 Å². The monoisotopic (exact) mass is 534 g/mol. The lowest BCUT2D eigenvalue weighted by Gasteiger charge is -2.39. The molecule has 1 aromatic heterocycles. The van der Waals surface area contributed by atoms with Crippen molar-refractivity contribution in [3.8, 4) is 0 Å². The molecule has 2 bridgehead atoms. The summed E-state index contributed by atoms with van der Waals surface area (Å²) in [6.45, 7) is 10.4. The van der Waals surface area contributed by atoms with Gasteiger partial charge in [-0.3, -0.25) is 24.3 Å². The predicted octanol–water partition coefficient (Wildman–Crippen LogP) is 5.37. The van der Waals surface area contributed by atoms with Crippen LogP contribution in [0.15, 0.2) is 23.0 Å². The van der Waals surface area contributed by atoms with Gasteiger partial charge in [-0.25, -0.2) is 4.98 Å². The number of rotatable bonds is 11. The van der Waals surface area contributed by atoms with Crippen molar-refractivity contribution in [2.75, 3.05) is 6.54 Å². The summed E-state index contributed by atoms with van der Waals surface area (Å²) in [4.78, 5) is 42.3. The number of benzene rings is 1. The van der Waals surface area contributed by atoms with Crippen LogP contribution in [0.4, 0.5) is 0 Å². The van der Waals surface area contributed by atoms with E-state index in [2.05, 4.69) is 36.4 Å². The summed E-state index contributed by atoms with van der Waals surface area (Å²) in [5.74, 6) is 0.694. The standard InChI is InChI=1S/C32H46N4O3/c1-21-34-24-14-11-13-22(28(24)30(39)36(21)25-15-16-27(37)35-29(25)38)12-9-7-5-6-8-10-19-33-26-20-23-17-18-32(26,4)31(23,2)3/h11,13-14,23,25-26,33H,5-10,12,15-20H2,1-4H3,(H,35,37,38)/t23-,25?,26+,32+/m1/s1. The van der Waals surface area contributed by atoms with Crippen LogP contribution in [0.3, 0.4) is 0 Å². The van der Waals surface area contributed by atoms with Crippen molar-refractivity contribution in [2.45, 2.75) is 117 Å². The molecule has 1 aromatic carbocycles. The number of fused-ring (bicyclic) bond motifs is 3. The van der Waals surface area contributed by atoms with Gasteiger partial charge in [-0.2, -0.15) is 0 Å². The van der Waals surface area contributed by atoms with Gasteiger partial charge in [0.05, 0.1) is 10.9 Å². The van der Waals surface area contributed by atoms with Gasteiger partial charge in [-0.15, -0.1) is 0 Å². The topological polar surface area (TPSA) is 93.1 Å². The minimum atomic E-state index is -0.687. The Bertz CT molecular complexity index is 1300. The first-order valence-corrected chi connectivity index (χ1v) is 15.2. The van der Waals surface area contributed by atoms with Gasteiger partial charge in [-0.1, -0.05) is 58.6 Å². The first-order valence-electron chi connectivity index (χ1n) is 15.2.